The fraction of sp³-hybridized carbons (Fsp3) is 0. The molecule has 0 aliphatic rings. The van der Waals surface area contributed by atoms with Gasteiger partial charge in [-0.2, -0.15) is 0 Å². The van der Waals surface area contributed by atoms with E-state index in [0.717, 1.165) is 52.2 Å². The van der Waals surface area contributed by atoms with Crippen LogP contribution in [0.15, 0.2) is 135 Å². The summed E-state index contributed by atoms with van der Waals surface area (Å²) in [7, 11) is -1.73. The fourth-order valence-electron chi connectivity index (χ4n) is 4.90. The van der Waals surface area contributed by atoms with E-state index in [1.807, 2.05) is 135 Å². The van der Waals surface area contributed by atoms with Gasteiger partial charge >= 0.3 is 34.4 Å². The third-order valence-corrected chi connectivity index (χ3v) is 9.86. The minimum Gasteiger partial charge on any atom is -0.401 e. The molecule has 0 spiro atoms. The van der Waals surface area contributed by atoms with Crippen molar-refractivity contribution >= 4 is 129 Å². The Morgan fingerprint density at radius 1 is 0.417 bits per heavy atom. The molecule has 0 amide bonds. The van der Waals surface area contributed by atoms with Crippen LogP contribution in [0.4, 0.5) is 0 Å². The maximum atomic E-state index is 6.13. The van der Waals surface area contributed by atoms with E-state index in [2.05, 4.69) is 47.8 Å². The molecule has 0 atom stereocenters. The van der Waals surface area contributed by atoms with E-state index in [4.69, 9.17) is 61.7 Å². The first kappa shape index (κ1) is 37.4. The second kappa shape index (κ2) is 16.9. The van der Waals surface area contributed by atoms with Gasteiger partial charge in [0.15, 0.2) is 0 Å². The Kier molecular flexibility index (Phi) is 13.1. The van der Waals surface area contributed by atoms with Gasteiger partial charge in [0.2, 0.25) is 0 Å². The molecule has 3 heterocycles. The summed E-state index contributed by atoms with van der Waals surface area (Å²) in [6.45, 7) is 0. The van der Waals surface area contributed by atoms with E-state index in [0.29, 0.717) is 15.1 Å². The van der Waals surface area contributed by atoms with Crippen LogP contribution in [0.3, 0.4) is 0 Å². The second-order valence-electron chi connectivity index (χ2n) is 10.3. The molecule has 4 aromatic carbocycles. The van der Waals surface area contributed by atoms with E-state index in [1.54, 1.807) is 0 Å². The average Bonchev–Trinajstić information content (AvgIpc) is 3.75. The number of rotatable bonds is 6. The van der Waals surface area contributed by atoms with E-state index in [1.165, 1.54) is 0 Å². The standard InChI is InChI=1S/C27H16BBr3Cl3N6.C6H5Cl.Tl/c29-22-13-38(35-25(22)16-1-7-19(32)8-2-16)28(39-14-23(30)26(36-39)17-3-9-20(33)10-4-17)40-15-24(31)27(37-40)18-5-11-21(34)12-6-18;7-6-4-2-1-3-5-6;/h1-15,28H;1-5H;/q-1;;+1. The van der Waals surface area contributed by atoms with Gasteiger partial charge in [-0.05, 0) is 115 Å². The molecular weight excluding hydrogens is 1080 g/mol. The van der Waals surface area contributed by atoms with Crippen LogP contribution < -0.4 is 0 Å². The van der Waals surface area contributed by atoms with Gasteiger partial charge in [-0.1, -0.05) is 101 Å². The van der Waals surface area contributed by atoms with Crippen LogP contribution in [-0.2, 0) is 0 Å². The molecule has 0 fully saturated rings. The van der Waals surface area contributed by atoms with Gasteiger partial charge in [-0.15, -0.1) is 0 Å². The largest absolute Gasteiger partial charge is 1.00 e. The van der Waals surface area contributed by atoms with Gasteiger partial charge in [0.25, 0.3) is 0 Å². The normalized spacial score (nSPS) is 10.8. The summed E-state index contributed by atoms with van der Waals surface area (Å²) in [5, 5.41) is 17.7. The molecule has 0 aliphatic heterocycles. The number of aromatic nitrogens is 6. The average molecular weight is 1100 g/mol. The van der Waals surface area contributed by atoms with Crippen molar-refractivity contribution in [1.29, 1.82) is 0 Å². The molecular formula is C33H21BBr3Cl4N6Tl. The smallest absolute Gasteiger partial charge is 0.401 e. The first-order valence-electron chi connectivity index (χ1n) is 14.1. The van der Waals surface area contributed by atoms with Crippen molar-refractivity contribution in [2.24, 2.45) is 0 Å². The van der Waals surface area contributed by atoms with Crippen molar-refractivity contribution in [2.45, 2.75) is 0 Å². The Balaban J connectivity index is 0.000000502. The number of benzene rings is 4. The predicted molar refractivity (Wildman–Crippen MR) is 212 cm³/mol. The van der Waals surface area contributed by atoms with Crippen molar-refractivity contribution in [2.75, 3.05) is 0 Å². The number of nitrogens with zero attached hydrogens (tertiary/aromatic N) is 6. The molecule has 6 nitrogen and oxygen atoms in total. The first-order valence-corrected chi connectivity index (χ1v) is 17.9. The summed E-state index contributed by atoms with van der Waals surface area (Å²) in [6.07, 6.45) is 5.83. The van der Waals surface area contributed by atoms with Crippen molar-refractivity contribution in [3.8, 4) is 33.8 Å². The molecule has 238 valence electrons. The van der Waals surface area contributed by atoms with Crippen LogP contribution in [0.5, 0.6) is 0 Å². The maximum Gasteiger partial charge on any atom is 1.00 e. The second-order valence-corrected chi connectivity index (χ2v) is 14.6. The molecule has 7 aromatic rings. The first-order chi connectivity index (χ1) is 22.7. The molecule has 7 rings (SSSR count). The third kappa shape index (κ3) is 8.87. The molecule has 0 N–H and O–H groups in total. The van der Waals surface area contributed by atoms with Crippen LogP contribution in [0, 0.1) is 0 Å². The molecule has 0 saturated heterocycles. The minimum atomic E-state index is -1.73. The van der Waals surface area contributed by atoms with Crippen LogP contribution in [0.1, 0.15) is 0 Å². The van der Waals surface area contributed by atoms with Crippen LogP contribution in [0.2, 0.25) is 20.1 Å². The van der Waals surface area contributed by atoms with Crippen molar-refractivity contribution in [1.82, 2.24) is 29.1 Å². The molecule has 0 unspecified atom stereocenters. The minimum absolute atomic E-state index is 0. The quantitative estimate of drug-likeness (QED) is 0.156. The number of hydrogen-bond donors (Lipinski definition) is 0. The topological polar surface area (TPSA) is 53.5 Å². The van der Waals surface area contributed by atoms with E-state index in [9.17, 15) is 0 Å². The third-order valence-electron chi connectivity index (χ3n) is 7.11. The monoisotopic (exact) mass is 1090 g/mol. The van der Waals surface area contributed by atoms with Gasteiger partial charge in [-0.3, -0.25) is 0 Å². The maximum absolute atomic E-state index is 6.13. The Morgan fingerprint density at radius 2 is 0.688 bits per heavy atom. The van der Waals surface area contributed by atoms with Crippen molar-refractivity contribution < 1.29 is 0 Å². The molecule has 3 aromatic heterocycles. The summed E-state index contributed by atoms with van der Waals surface area (Å²) in [5.74, 6) is 0. The fourth-order valence-corrected chi connectivity index (χ4v) is 7.05. The number of hydrogen-bond acceptors (Lipinski definition) is 3. The van der Waals surface area contributed by atoms with Crippen molar-refractivity contribution in [3.05, 3.63) is 155 Å². The van der Waals surface area contributed by atoms with Gasteiger partial charge in [0.1, 0.15) is 17.1 Å². The van der Waals surface area contributed by atoms with Crippen molar-refractivity contribution in [3.63, 3.8) is 0 Å². The molecule has 0 aliphatic carbocycles. The van der Waals surface area contributed by atoms with Crippen LogP contribution >= 0.6 is 94.2 Å². The Labute approximate surface area is 343 Å². The summed E-state index contributed by atoms with van der Waals surface area (Å²) in [4.78, 5) is 0. The Morgan fingerprint density at radius 3 is 0.938 bits per heavy atom. The Bertz CT molecular complexity index is 1910. The van der Waals surface area contributed by atoms with Gasteiger partial charge in [-0.25, -0.2) is 15.3 Å². The van der Waals surface area contributed by atoms with Gasteiger partial charge < -0.3 is 13.8 Å². The molecule has 15 heteroatoms. The zero-order chi connectivity index (χ0) is 33.1. The molecule has 0 bridgehead atoms. The van der Waals surface area contributed by atoms with E-state index in [-0.39, 0.29) is 27.3 Å². The summed E-state index contributed by atoms with van der Waals surface area (Å²) in [6, 6.07) is 32.2. The van der Waals surface area contributed by atoms with E-state index >= 15 is 0 Å². The molecule has 0 saturated carbocycles. The summed E-state index contributed by atoms with van der Waals surface area (Å²) < 4.78 is 8.18. The number of halogens is 7. The molecule has 0 radical (unpaired) electrons. The molecule has 48 heavy (non-hydrogen) atoms. The van der Waals surface area contributed by atoms with Crippen LogP contribution in [-0.4, -0.2) is 63.5 Å². The summed E-state index contributed by atoms with van der Waals surface area (Å²) in [5.41, 5.74) is 5.13. The zero-order valence-corrected chi connectivity index (χ0v) is 36.9. The van der Waals surface area contributed by atoms with E-state index < -0.39 is 7.12 Å². The predicted octanol–water partition coefficient (Wildman–Crippen LogP) is 11.1. The van der Waals surface area contributed by atoms with Crippen LogP contribution in [0.25, 0.3) is 33.8 Å². The summed E-state index contributed by atoms with van der Waals surface area (Å²) >= 11 is 35.0. The zero-order valence-electron chi connectivity index (χ0n) is 24.7. The Hall–Kier alpha value is -1.90. The van der Waals surface area contributed by atoms with Gasteiger partial charge in [0.05, 0.1) is 13.4 Å². The SMILES string of the molecule is Clc1ccc(-c2nn([BH-](n3cc(Br)c(-c4ccc(Cl)cc4)n3)n3cc(Br)c(-c4ccc(Cl)cc4)n3)cc2Br)cc1.Clc1ccccc1.[Tl+]. The van der Waals surface area contributed by atoms with Gasteiger partial charge in [0, 0.05) is 36.8 Å².